The molecule has 0 aliphatic carbocycles. The van der Waals surface area contributed by atoms with Gasteiger partial charge in [-0.3, -0.25) is 0 Å². The molecule has 4 heteroatoms. The van der Waals surface area contributed by atoms with Gasteiger partial charge in [-0.2, -0.15) is 0 Å². The van der Waals surface area contributed by atoms with Crippen molar-refractivity contribution >= 4 is 32.3 Å². The van der Waals surface area contributed by atoms with E-state index in [1.807, 2.05) is 24.3 Å². The summed E-state index contributed by atoms with van der Waals surface area (Å²) in [5.74, 6) is 0.370. The summed E-state index contributed by atoms with van der Waals surface area (Å²) in [6.45, 7) is 2.96. The largest absolute Gasteiger partial charge is 0.507 e. The number of thiazole rings is 1. The van der Waals surface area contributed by atoms with Crippen LogP contribution in [-0.4, -0.2) is 17.1 Å². The molecule has 1 heterocycles. The number of para-hydroxylation sites is 1. The number of hydrogen-bond acceptors (Lipinski definition) is 3. The van der Waals surface area contributed by atoms with E-state index in [-0.39, 0.29) is 6.04 Å². The van der Waals surface area contributed by atoms with Gasteiger partial charge in [0.25, 0.3) is 0 Å². The van der Waals surface area contributed by atoms with E-state index in [0.29, 0.717) is 5.75 Å². The minimum Gasteiger partial charge on any atom is -0.507 e. The van der Waals surface area contributed by atoms with Crippen LogP contribution in [0.4, 0.5) is 0 Å². The highest BCUT2D eigenvalue weighted by atomic mass is 32.1. The van der Waals surface area contributed by atoms with Crippen LogP contribution in [0.5, 0.6) is 5.75 Å². The number of benzene rings is 3. The summed E-state index contributed by atoms with van der Waals surface area (Å²) in [5.41, 5.74) is 2.07. The topological polar surface area (TPSA) is 37.6 Å². The second kappa shape index (κ2) is 6.47. The summed E-state index contributed by atoms with van der Waals surface area (Å²) in [6, 6.07) is 20.5. The molecule has 3 aromatic carbocycles. The standard InChI is InChI=1S/C21H20N2OS/c1-14(21-22-18-9-5-6-10-20(18)25-21)23(2)13-17-16-8-4-3-7-15(16)11-12-19(17)24/h3-12,14,24H,13H2,1-2H3/p+1/t14-/m0/s1. The molecule has 2 atom stereocenters. The molecule has 0 bridgehead atoms. The van der Waals surface area contributed by atoms with E-state index in [0.717, 1.165) is 33.4 Å². The molecule has 3 nitrogen and oxygen atoms in total. The summed E-state index contributed by atoms with van der Waals surface area (Å²) >= 11 is 1.76. The molecule has 4 aromatic rings. The molecule has 126 valence electrons. The zero-order valence-corrected chi connectivity index (χ0v) is 15.2. The lowest BCUT2D eigenvalue weighted by atomic mass is 10.0. The second-order valence-electron chi connectivity index (χ2n) is 6.55. The van der Waals surface area contributed by atoms with Gasteiger partial charge in [0, 0.05) is 0 Å². The molecular formula is C21H21N2OS+. The third-order valence-electron chi connectivity index (χ3n) is 4.89. The van der Waals surface area contributed by atoms with E-state index in [1.54, 1.807) is 17.4 Å². The lowest BCUT2D eigenvalue weighted by molar-refractivity contribution is -0.923. The van der Waals surface area contributed by atoms with Crippen molar-refractivity contribution in [2.45, 2.75) is 19.5 Å². The summed E-state index contributed by atoms with van der Waals surface area (Å²) in [5, 5.41) is 13.8. The van der Waals surface area contributed by atoms with E-state index >= 15 is 0 Å². The maximum Gasteiger partial charge on any atom is 0.151 e. The van der Waals surface area contributed by atoms with E-state index < -0.39 is 0 Å². The van der Waals surface area contributed by atoms with E-state index in [1.165, 1.54) is 9.60 Å². The molecule has 1 aromatic heterocycles. The zero-order valence-electron chi connectivity index (χ0n) is 14.4. The number of quaternary nitrogens is 1. The maximum atomic E-state index is 10.4. The van der Waals surface area contributed by atoms with Crippen molar-refractivity contribution in [2.24, 2.45) is 0 Å². The molecule has 25 heavy (non-hydrogen) atoms. The molecule has 1 unspecified atom stereocenters. The molecule has 0 spiro atoms. The predicted molar refractivity (Wildman–Crippen MR) is 104 cm³/mol. The fourth-order valence-corrected chi connectivity index (χ4v) is 4.34. The van der Waals surface area contributed by atoms with Gasteiger partial charge in [-0.15, -0.1) is 11.3 Å². The average molecular weight is 349 g/mol. The zero-order chi connectivity index (χ0) is 17.4. The monoisotopic (exact) mass is 349 g/mol. The Labute approximate surface area is 151 Å². The van der Waals surface area contributed by atoms with Gasteiger partial charge >= 0.3 is 0 Å². The number of hydrogen-bond donors (Lipinski definition) is 2. The molecular weight excluding hydrogens is 328 g/mol. The van der Waals surface area contributed by atoms with E-state index in [9.17, 15) is 5.11 Å². The Hall–Kier alpha value is -2.43. The van der Waals surface area contributed by atoms with Crippen LogP contribution in [0.1, 0.15) is 23.5 Å². The van der Waals surface area contributed by atoms with Gasteiger partial charge in [-0.05, 0) is 35.9 Å². The van der Waals surface area contributed by atoms with Crippen LogP contribution in [0.3, 0.4) is 0 Å². The maximum absolute atomic E-state index is 10.4. The Morgan fingerprint density at radius 3 is 2.64 bits per heavy atom. The van der Waals surface area contributed by atoms with Crippen LogP contribution >= 0.6 is 11.3 Å². The van der Waals surface area contributed by atoms with Crippen molar-refractivity contribution in [3.63, 3.8) is 0 Å². The predicted octanol–water partition coefficient (Wildman–Crippen LogP) is 3.93. The van der Waals surface area contributed by atoms with Gasteiger partial charge in [0.2, 0.25) is 0 Å². The Kier molecular flexibility index (Phi) is 4.15. The molecule has 2 N–H and O–H groups in total. The molecule has 0 saturated heterocycles. The summed E-state index contributed by atoms with van der Waals surface area (Å²) in [7, 11) is 2.16. The first kappa shape index (κ1) is 16.1. The summed E-state index contributed by atoms with van der Waals surface area (Å²) < 4.78 is 1.23. The SMILES string of the molecule is C[C@@H](c1nc2ccccc2s1)[NH+](C)Cc1c(O)ccc2ccccc12. The highest BCUT2D eigenvalue weighted by Crippen LogP contribution is 2.28. The van der Waals surface area contributed by atoms with Crippen LogP contribution in [0.2, 0.25) is 0 Å². The van der Waals surface area contributed by atoms with Gasteiger partial charge in [0.05, 0.1) is 22.8 Å². The number of fused-ring (bicyclic) bond motifs is 2. The van der Waals surface area contributed by atoms with Gasteiger partial charge in [-0.1, -0.05) is 42.5 Å². The van der Waals surface area contributed by atoms with Crippen LogP contribution in [0.15, 0.2) is 60.7 Å². The van der Waals surface area contributed by atoms with Crippen molar-refractivity contribution in [3.05, 3.63) is 71.2 Å². The Morgan fingerprint density at radius 2 is 1.80 bits per heavy atom. The Morgan fingerprint density at radius 1 is 1.04 bits per heavy atom. The molecule has 0 aliphatic rings. The molecule has 0 fully saturated rings. The van der Waals surface area contributed by atoms with Crippen molar-refractivity contribution in [3.8, 4) is 5.75 Å². The number of nitrogens with zero attached hydrogens (tertiary/aromatic N) is 1. The van der Waals surface area contributed by atoms with Crippen LogP contribution in [0, 0.1) is 0 Å². The molecule has 0 aliphatic heterocycles. The van der Waals surface area contributed by atoms with Crippen LogP contribution < -0.4 is 4.90 Å². The smallest absolute Gasteiger partial charge is 0.151 e. The number of nitrogens with one attached hydrogen (secondary N) is 1. The lowest BCUT2D eigenvalue weighted by Gasteiger charge is -2.21. The van der Waals surface area contributed by atoms with Crippen molar-refractivity contribution in [2.75, 3.05) is 7.05 Å². The third-order valence-corrected chi connectivity index (χ3v) is 6.11. The highest BCUT2D eigenvalue weighted by Gasteiger charge is 2.22. The third kappa shape index (κ3) is 2.99. The fourth-order valence-electron chi connectivity index (χ4n) is 3.23. The minimum absolute atomic E-state index is 0.260. The number of phenols is 1. The minimum atomic E-state index is 0.260. The van der Waals surface area contributed by atoms with E-state index in [4.69, 9.17) is 4.98 Å². The highest BCUT2D eigenvalue weighted by molar-refractivity contribution is 7.18. The fraction of sp³-hybridized carbons (Fsp3) is 0.190. The quantitative estimate of drug-likeness (QED) is 0.586. The van der Waals surface area contributed by atoms with Crippen molar-refractivity contribution in [1.29, 1.82) is 0 Å². The number of rotatable bonds is 4. The van der Waals surface area contributed by atoms with E-state index in [2.05, 4.69) is 44.3 Å². The van der Waals surface area contributed by atoms with Gasteiger partial charge in [-0.25, -0.2) is 4.98 Å². The summed E-state index contributed by atoms with van der Waals surface area (Å²) in [6.07, 6.45) is 0. The molecule has 0 amide bonds. The number of phenolic OH excluding ortho intramolecular Hbond substituents is 1. The normalized spacial score (nSPS) is 14.0. The molecule has 0 radical (unpaired) electrons. The van der Waals surface area contributed by atoms with Gasteiger partial charge < -0.3 is 10.0 Å². The molecule has 0 saturated carbocycles. The first-order chi connectivity index (χ1) is 12.1. The average Bonchev–Trinajstić information content (AvgIpc) is 3.07. The number of aromatic hydroxyl groups is 1. The van der Waals surface area contributed by atoms with Crippen molar-refractivity contribution < 1.29 is 10.0 Å². The molecule has 4 rings (SSSR count). The summed E-state index contributed by atoms with van der Waals surface area (Å²) in [4.78, 5) is 6.11. The van der Waals surface area contributed by atoms with Gasteiger partial charge in [0.1, 0.15) is 18.3 Å². The number of aromatic nitrogens is 1. The lowest BCUT2D eigenvalue weighted by Crippen LogP contribution is -3.07. The van der Waals surface area contributed by atoms with Crippen molar-refractivity contribution in [1.82, 2.24) is 4.98 Å². The van der Waals surface area contributed by atoms with Gasteiger partial charge in [0.15, 0.2) is 5.01 Å². The Bertz CT molecular complexity index is 1010. The first-order valence-corrected chi connectivity index (χ1v) is 9.32. The van der Waals surface area contributed by atoms with Crippen LogP contribution in [0.25, 0.3) is 21.0 Å². The Balaban J connectivity index is 1.65. The first-order valence-electron chi connectivity index (χ1n) is 8.51. The van der Waals surface area contributed by atoms with Crippen LogP contribution in [-0.2, 0) is 6.54 Å². The second-order valence-corrected chi connectivity index (χ2v) is 7.61.